The number of hydrogen-bond donors (Lipinski definition) is 2. The SMILES string of the molecule is C#CN1CCC(C)(F)C1.C[C@@H]1N=C(C23CC(N(C)Cc4ccc(O)c(F)c4)(C2)C3)NC1(C)C.Cc1ccccc1.O=C=O. The van der Waals surface area contributed by atoms with Crippen LogP contribution in [-0.2, 0) is 16.1 Å². The number of aliphatic imine (C=N–C) groups is 1. The summed E-state index contributed by atoms with van der Waals surface area (Å²) in [6.07, 6.45) is 9.27. The maximum Gasteiger partial charge on any atom is 0.373 e. The van der Waals surface area contributed by atoms with Crippen molar-refractivity contribution in [3.63, 3.8) is 0 Å². The van der Waals surface area contributed by atoms with Crippen molar-refractivity contribution in [1.82, 2.24) is 15.1 Å². The number of nitrogens with zero attached hydrogens (tertiary/aromatic N) is 3. The number of hydrogen-bond acceptors (Lipinski definition) is 7. The summed E-state index contributed by atoms with van der Waals surface area (Å²) in [4.78, 5) is 25.1. The van der Waals surface area contributed by atoms with Crippen molar-refractivity contribution < 1.29 is 23.5 Å². The number of rotatable bonds is 4. The molecule has 0 spiro atoms. The predicted molar refractivity (Wildman–Crippen MR) is 163 cm³/mol. The Labute approximate surface area is 254 Å². The Hall–Kier alpha value is -3.73. The van der Waals surface area contributed by atoms with E-state index in [1.165, 1.54) is 23.5 Å². The summed E-state index contributed by atoms with van der Waals surface area (Å²) in [6, 6.07) is 17.6. The minimum atomic E-state index is -1.05. The standard InChI is InChI=1S/C19H26FN3O.C7H10FN.C7H8.CO2/c1-12-17(2,3)22-16(21-12)18-9-19(10-18,11-18)23(4)8-13-5-6-15(24)14(20)7-13;1-3-9-5-4-7(2,8)6-9;1-7-5-3-2-4-6-7;2-1-3/h5-7,12,24H,8-11H2,1-4H3,(H,21,22);1H,4-6H2,2H3;2-6H,1H3;/t12-,18?,19?;;;/m0.../s1. The number of alkyl halides is 1. The van der Waals surface area contributed by atoms with E-state index in [1.807, 2.05) is 18.2 Å². The van der Waals surface area contributed by atoms with E-state index in [0.717, 1.165) is 24.8 Å². The number of likely N-dealkylation sites (tertiary alicyclic amines) is 1. The number of phenols is 1. The summed E-state index contributed by atoms with van der Waals surface area (Å²) >= 11 is 0. The number of carbonyl (C=O) groups excluding carboxylic acids is 2. The van der Waals surface area contributed by atoms with E-state index < -0.39 is 11.5 Å². The molecule has 3 saturated carbocycles. The molecule has 232 valence electrons. The van der Waals surface area contributed by atoms with Gasteiger partial charge in [-0.2, -0.15) is 9.59 Å². The van der Waals surface area contributed by atoms with Crippen molar-refractivity contribution in [2.75, 3.05) is 20.1 Å². The largest absolute Gasteiger partial charge is 0.505 e. The van der Waals surface area contributed by atoms with E-state index >= 15 is 0 Å². The summed E-state index contributed by atoms with van der Waals surface area (Å²) in [7, 11) is 2.12. The number of terminal acetylenes is 1. The molecule has 4 fully saturated rings. The Balaban J connectivity index is 0.000000217. The van der Waals surface area contributed by atoms with E-state index in [4.69, 9.17) is 21.0 Å². The van der Waals surface area contributed by atoms with Gasteiger partial charge in [0, 0.05) is 36.5 Å². The topological polar surface area (TPSA) is 85.2 Å². The maximum atomic E-state index is 13.5. The van der Waals surface area contributed by atoms with Crippen LogP contribution in [0, 0.1) is 30.6 Å². The highest BCUT2D eigenvalue weighted by Gasteiger charge is 2.72. The first-order valence-corrected chi connectivity index (χ1v) is 14.6. The van der Waals surface area contributed by atoms with Gasteiger partial charge in [0.25, 0.3) is 0 Å². The second-order valence-corrected chi connectivity index (χ2v) is 13.1. The van der Waals surface area contributed by atoms with Gasteiger partial charge in [0.2, 0.25) is 0 Å². The number of halogens is 2. The molecule has 2 aromatic carbocycles. The Morgan fingerprint density at radius 1 is 1.14 bits per heavy atom. The molecule has 1 unspecified atom stereocenters. The molecule has 0 radical (unpaired) electrons. The Morgan fingerprint density at radius 3 is 2.14 bits per heavy atom. The van der Waals surface area contributed by atoms with Crippen LogP contribution in [0.2, 0.25) is 0 Å². The van der Waals surface area contributed by atoms with E-state index in [-0.39, 0.29) is 28.4 Å². The summed E-state index contributed by atoms with van der Waals surface area (Å²) in [5.74, 6) is 0.370. The first kappa shape index (κ1) is 33.8. The lowest BCUT2D eigenvalue weighted by Gasteiger charge is -2.73. The highest BCUT2D eigenvalue weighted by atomic mass is 19.1. The molecule has 2 N–H and O–H groups in total. The number of phenolic OH excluding ortho intramolecular Hbond substituents is 1. The Morgan fingerprint density at radius 2 is 1.74 bits per heavy atom. The van der Waals surface area contributed by atoms with Crippen molar-refractivity contribution in [2.45, 2.75) is 89.6 Å². The zero-order valence-electron chi connectivity index (χ0n) is 26.1. The first-order chi connectivity index (χ1) is 20.1. The van der Waals surface area contributed by atoms with Crippen molar-refractivity contribution in [1.29, 1.82) is 0 Å². The quantitative estimate of drug-likeness (QED) is 0.457. The molecule has 9 heteroatoms. The summed E-state index contributed by atoms with van der Waals surface area (Å²) in [5, 5.41) is 12.9. The molecular formula is C34H44F2N4O3. The third-order valence-electron chi connectivity index (χ3n) is 9.10. The number of amidine groups is 1. The smallest absolute Gasteiger partial charge is 0.373 e. The lowest BCUT2D eigenvalue weighted by atomic mass is 9.38. The number of nitrogens with one attached hydrogen (secondary N) is 1. The van der Waals surface area contributed by atoms with Gasteiger partial charge in [-0.25, -0.2) is 8.78 Å². The van der Waals surface area contributed by atoms with E-state index in [9.17, 15) is 13.9 Å². The zero-order valence-corrected chi connectivity index (χ0v) is 26.1. The first-order valence-electron chi connectivity index (χ1n) is 14.6. The maximum absolute atomic E-state index is 13.5. The van der Waals surface area contributed by atoms with Gasteiger partial charge < -0.3 is 15.3 Å². The highest BCUT2D eigenvalue weighted by Crippen LogP contribution is 2.70. The molecular weight excluding hydrogens is 550 g/mol. The second kappa shape index (κ2) is 13.3. The zero-order chi connectivity index (χ0) is 32.1. The van der Waals surface area contributed by atoms with Crippen LogP contribution in [0.15, 0.2) is 53.5 Å². The fraction of sp³-hybridized carbons (Fsp3) is 0.529. The van der Waals surface area contributed by atoms with Crippen molar-refractivity contribution in [3.8, 4) is 18.2 Å². The fourth-order valence-corrected chi connectivity index (χ4v) is 6.12. The van der Waals surface area contributed by atoms with E-state index in [0.29, 0.717) is 32.1 Å². The number of aryl methyl sites for hydroxylation is 1. The Bertz CT molecular complexity index is 1340. The molecule has 2 heterocycles. The summed E-state index contributed by atoms with van der Waals surface area (Å²) < 4.78 is 26.4. The van der Waals surface area contributed by atoms with Crippen LogP contribution in [-0.4, -0.2) is 69.8 Å². The third kappa shape index (κ3) is 8.01. The molecule has 0 amide bonds. The van der Waals surface area contributed by atoms with Gasteiger partial charge in [0.1, 0.15) is 11.5 Å². The number of aromatic hydroxyl groups is 1. The molecule has 3 aliphatic carbocycles. The number of benzene rings is 2. The lowest BCUT2D eigenvalue weighted by Crippen LogP contribution is -2.77. The van der Waals surface area contributed by atoms with Crippen LogP contribution >= 0.6 is 0 Å². The van der Waals surface area contributed by atoms with Crippen LogP contribution in [0.4, 0.5) is 8.78 Å². The molecule has 2 bridgehead atoms. The predicted octanol–water partition coefficient (Wildman–Crippen LogP) is 5.48. The van der Waals surface area contributed by atoms with Gasteiger partial charge >= 0.3 is 6.15 Å². The fourth-order valence-electron chi connectivity index (χ4n) is 6.12. The molecule has 0 aromatic heterocycles. The molecule has 7 nitrogen and oxygen atoms in total. The molecule has 2 atom stereocenters. The average molecular weight is 595 g/mol. The summed E-state index contributed by atoms with van der Waals surface area (Å²) in [6.45, 7) is 12.1. The van der Waals surface area contributed by atoms with Crippen LogP contribution in [0.25, 0.3) is 0 Å². The summed E-state index contributed by atoms with van der Waals surface area (Å²) in [5.41, 5.74) is 1.70. The molecule has 1 saturated heterocycles. The lowest BCUT2D eigenvalue weighted by molar-refractivity contribution is -0.191. The minimum Gasteiger partial charge on any atom is -0.505 e. The molecule has 5 aliphatic rings. The van der Waals surface area contributed by atoms with Crippen LogP contribution in [0.3, 0.4) is 0 Å². The minimum absolute atomic E-state index is 0.0490. The molecule has 7 rings (SSSR count). The van der Waals surface area contributed by atoms with E-state index in [1.54, 1.807) is 17.9 Å². The van der Waals surface area contributed by atoms with Crippen LogP contribution in [0.1, 0.15) is 64.5 Å². The normalized spacial score (nSPS) is 28.9. The van der Waals surface area contributed by atoms with Crippen molar-refractivity contribution in [3.05, 3.63) is 65.5 Å². The molecule has 2 aromatic rings. The third-order valence-corrected chi connectivity index (χ3v) is 9.10. The van der Waals surface area contributed by atoms with Gasteiger partial charge in [-0.1, -0.05) is 48.4 Å². The average Bonchev–Trinajstić information content (AvgIpc) is 3.38. The monoisotopic (exact) mass is 594 g/mol. The Kier molecular flexibility index (Phi) is 10.4. The van der Waals surface area contributed by atoms with Crippen LogP contribution < -0.4 is 5.32 Å². The molecule has 2 aliphatic heterocycles. The van der Waals surface area contributed by atoms with Gasteiger partial charge in [-0.15, -0.1) is 0 Å². The van der Waals surface area contributed by atoms with Gasteiger partial charge in [0.15, 0.2) is 11.6 Å². The van der Waals surface area contributed by atoms with E-state index in [2.05, 4.69) is 63.1 Å². The van der Waals surface area contributed by atoms with Gasteiger partial charge in [0.05, 0.1) is 18.1 Å². The highest BCUT2D eigenvalue weighted by molar-refractivity contribution is 5.94. The van der Waals surface area contributed by atoms with Crippen LogP contribution in [0.5, 0.6) is 5.75 Å². The second-order valence-electron chi connectivity index (χ2n) is 13.1. The van der Waals surface area contributed by atoms with Crippen molar-refractivity contribution in [2.24, 2.45) is 10.4 Å². The molecule has 43 heavy (non-hydrogen) atoms. The van der Waals surface area contributed by atoms with Crippen molar-refractivity contribution >= 4 is 12.0 Å². The van der Waals surface area contributed by atoms with Gasteiger partial charge in [-0.3, -0.25) is 9.89 Å². The van der Waals surface area contributed by atoms with Gasteiger partial charge in [-0.05, 0) is 78.6 Å².